The van der Waals surface area contributed by atoms with Crippen LogP contribution in [0.4, 0.5) is 0 Å². The SMILES string of the molecule is CC(C)(C)[C@@H]1CCc2sc(C(=O)OCC(N)=O)cc2C1. The summed E-state index contributed by atoms with van der Waals surface area (Å²) in [5.41, 5.74) is 6.51. The van der Waals surface area contributed by atoms with E-state index < -0.39 is 11.9 Å². The summed E-state index contributed by atoms with van der Waals surface area (Å²) in [5, 5.41) is 0. The minimum Gasteiger partial charge on any atom is -0.451 e. The molecule has 1 heterocycles. The van der Waals surface area contributed by atoms with Crippen molar-refractivity contribution >= 4 is 23.2 Å². The third-order valence-electron chi connectivity index (χ3n) is 3.85. The Bertz CT molecular complexity index is 528. The average Bonchev–Trinajstić information content (AvgIpc) is 2.77. The van der Waals surface area contributed by atoms with E-state index in [-0.39, 0.29) is 12.0 Å². The summed E-state index contributed by atoms with van der Waals surface area (Å²) in [6.07, 6.45) is 3.19. The number of carbonyl (C=O) groups is 2. The Morgan fingerprint density at radius 2 is 2.15 bits per heavy atom. The largest absolute Gasteiger partial charge is 0.451 e. The highest BCUT2D eigenvalue weighted by atomic mass is 32.1. The van der Waals surface area contributed by atoms with Crippen molar-refractivity contribution in [3.05, 3.63) is 21.4 Å². The van der Waals surface area contributed by atoms with Crippen molar-refractivity contribution in [2.24, 2.45) is 17.1 Å². The van der Waals surface area contributed by atoms with E-state index in [0.29, 0.717) is 10.8 Å². The molecule has 4 nitrogen and oxygen atoms in total. The fraction of sp³-hybridized carbons (Fsp3) is 0.600. The standard InChI is InChI=1S/C15H21NO3S/c1-15(2,3)10-4-5-11-9(6-10)7-12(20-11)14(18)19-8-13(16)17/h7,10H,4-6,8H2,1-3H3,(H2,16,17)/t10-/m1/s1. The van der Waals surface area contributed by atoms with Crippen molar-refractivity contribution in [2.45, 2.75) is 40.0 Å². The van der Waals surface area contributed by atoms with Gasteiger partial charge >= 0.3 is 5.97 Å². The van der Waals surface area contributed by atoms with Gasteiger partial charge in [0.15, 0.2) is 6.61 Å². The molecular formula is C15H21NO3S. The molecule has 0 unspecified atom stereocenters. The molecule has 0 aliphatic heterocycles. The summed E-state index contributed by atoms with van der Waals surface area (Å²) in [6.45, 7) is 6.43. The van der Waals surface area contributed by atoms with Gasteiger partial charge in [-0.2, -0.15) is 0 Å². The van der Waals surface area contributed by atoms with E-state index in [1.807, 2.05) is 6.07 Å². The molecular weight excluding hydrogens is 274 g/mol. The number of amides is 1. The van der Waals surface area contributed by atoms with Crippen LogP contribution in [0, 0.1) is 11.3 Å². The van der Waals surface area contributed by atoms with Crippen molar-refractivity contribution in [1.82, 2.24) is 0 Å². The van der Waals surface area contributed by atoms with Gasteiger partial charge in [0.05, 0.1) is 0 Å². The molecule has 1 aromatic heterocycles. The first-order chi connectivity index (χ1) is 9.27. The van der Waals surface area contributed by atoms with Crippen LogP contribution in [-0.4, -0.2) is 18.5 Å². The number of primary amides is 1. The minimum atomic E-state index is -0.632. The van der Waals surface area contributed by atoms with Gasteiger partial charge in [-0.15, -0.1) is 11.3 Å². The molecule has 5 heteroatoms. The van der Waals surface area contributed by atoms with E-state index in [0.717, 1.165) is 19.3 Å². The third kappa shape index (κ3) is 3.39. The summed E-state index contributed by atoms with van der Waals surface area (Å²) in [6, 6.07) is 1.92. The first kappa shape index (κ1) is 15.0. The Balaban J connectivity index is 2.09. The Morgan fingerprint density at radius 3 is 2.75 bits per heavy atom. The Kier molecular flexibility index (Phi) is 4.18. The number of esters is 1. The molecule has 0 bridgehead atoms. The first-order valence-corrected chi connectivity index (χ1v) is 7.66. The molecule has 0 saturated heterocycles. The van der Waals surface area contributed by atoms with Crippen LogP contribution < -0.4 is 5.73 Å². The zero-order chi connectivity index (χ0) is 14.9. The molecule has 0 radical (unpaired) electrons. The predicted molar refractivity (Wildman–Crippen MR) is 78.8 cm³/mol. The molecule has 0 aromatic carbocycles. The molecule has 1 aliphatic rings. The number of rotatable bonds is 3. The summed E-state index contributed by atoms with van der Waals surface area (Å²) in [5.74, 6) is -0.443. The van der Waals surface area contributed by atoms with Crippen LogP contribution in [0.25, 0.3) is 0 Å². The van der Waals surface area contributed by atoms with E-state index >= 15 is 0 Å². The number of nitrogens with two attached hydrogens (primary N) is 1. The monoisotopic (exact) mass is 295 g/mol. The van der Waals surface area contributed by atoms with E-state index in [1.165, 1.54) is 21.8 Å². The molecule has 20 heavy (non-hydrogen) atoms. The minimum absolute atomic E-state index is 0.284. The second-order valence-corrected chi connectivity index (χ2v) is 7.54. The summed E-state index contributed by atoms with van der Waals surface area (Å²) < 4.78 is 4.86. The van der Waals surface area contributed by atoms with E-state index in [4.69, 9.17) is 10.5 Å². The van der Waals surface area contributed by atoms with E-state index in [2.05, 4.69) is 20.8 Å². The topological polar surface area (TPSA) is 69.4 Å². The van der Waals surface area contributed by atoms with Crippen molar-refractivity contribution in [1.29, 1.82) is 0 Å². The fourth-order valence-electron chi connectivity index (χ4n) is 2.57. The lowest BCUT2D eigenvalue weighted by atomic mass is 9.72. The maximum absolute atomic E-state index is 11.8. The van der Waals surface area contributed by atoms with Crippen molar-refractivity contribution in [2.75, 3.05) is 6.61 Å². The number of hydrogen-bond acceptors (Lipinski definition) is 4. The molecule has 1 amide bonds. The lowest BCUT2D eigenvalue weighted by molar-refractivity contribution is -0.121. The van der Waals surface area contributed by atoms with Gasteiger partial charge in [0, 0.05) is 4.88 Å². The Labute approximate surface area is 123 Å². The van der Waals surface area contributed by atoms with E-state index in [9.17, 15) is 9.59 Å². The maximum atomic E-state index is 11.8. The quantitative estimate of drug-likeness (QED) is 0.871. The number of thiophene rings is 1. The van der Waals surface area contributed by atoms with Gasteiger partial charge in [0.25, 0.3) is 5.91 Å². The zero-order valence-corrected chi connectivity index (χ0v) is 13.0. The highest BCUT2D eigenvalue weighted by Gasteiger charge is 2.30. The molecule has 0 spiro atoms. The first-order valence-electron chi connectivity index (χ1n) is 6.84. The maximum Gasteiger partial charge on any atom is 0.348 e. The zero-order valence-electron chi connectivity index (χ0n) is 12.2. The van der Waals surface area contributed by atoms with Crippen LogP contribution in [0.1, 0.15) is 47.3 Å². The molecule has 1 atom stereocenters. The van der Waals surface area contributed by atoms with Gasteiger partial charge in [-0.25, -0.2) is 4.79 Å². The Hall–Kier alpha value is -1.36. The second-order valence-electron chi connectivity index (χ2n) is 6.41. The van der Waals surface area contributed by atoms with Crippen LogP contribution in [0.2, 0.25) is 0 Å². The molecule has 1 aromatic rings. The smallest absolute Gasteiger partial charge is 0.348 e. The van der Waals surface area contributed by atoms with Gasteiger partial charge in [0.1, 0.15) is 4.88 Å². The van der Waals surface area contributed by atoms with E-state index in [1.54, 1.807) is 0 Å². The summed E-state index contributed by atoms with van der Waals surface area (Å²) >= 11 is 1.48. The lowest BCUT2D eigenvalue weighted by Crippen LogP contribution is -2.26. The molecule has 0 fully saturated rings. The highest BCUT2D eigenvalue weighted by Crippen LogP contribution is 2.40. The number of ether oxygens (including phenoxy) is 1. The van der Waals surface area contributed by atoms with Gasteiger partial charge in [-0.05, 0) is 42.2 Å². The van der Waals surface area contributed by atoms with Gasteiger partial charge < -0.3 is 10.5 Å². The fourth-order valence-corrected chi connectivity index (χ4v) is 3.67. The van der Waals surface area contributed by atoms with Crippen LogP contribution in [0.5, 0.6) is 0 Å². The molecule has 2 rings (SSSR count). The van der Waals surface area contributed by atoms with Crippen molar-refractivity contribution < 1.29 is 14.3 Å². The second kappa shape index (κ2) is 5.56. The number of fused-ring (bicyclic) bond motifs is 1. The van der Waals surface area contributed by atoms with Crippen LogP contribution in [-0.2, 0) is 22.4 Å². The summed E-state index contributed by atoms with van der Waals surface area (Å²) in [7, 11) is 0. The molecule has 1 aliphatic carbocycles. The molecule has 2 N–H and O–H groups in total. The average molecular weight is 295 g/mol. The predicted octanol–water partition coefficient (Wildman–Crippen LogP) is 2.54. The Morgan fingerprint density at radius 1 is 1.45 bits per heavy atom. The van der Waals surface area contributed by atoms with Gasteiger partial charge in [-0.3, -0.25) is 4.79 Å². The van der Waals surface area contributed by atoms with Crippen LogP contribution in [0.3, 0.4) is 0 Å². The third-order valence-corrected chi connectivity index (χ3v) is 5.07. The lowest BCUT2D eigenvalue weighted by Gasteiger charge is -2.33. The van der Waals surface area contributed by atoms with Crippen molar-refractivity contribution in [3.8, 4) is 0 Å². The van der Waals surface area contributed by atoms with Crippen LogP contribution >= 0.6 is 11.3 Å². The summed E-state index contributed by atoms with van der Waals surface area (Å²) in [4.78, 5) is 24.3. The molecule has 0 saturated carbocycles. The van der Waals surface area contributed by atoms with Crippen LogP contribution in [0.15, 0.2) is 6.07 Å². The van der Waals surface area contributed by atoms with Crippen molar-refractivity contribution in [3.63, 3.8) is 0 Å². The molecule has 110 valence electrons. The van der Waals surface area contributed by atoms with Gasteiger partial charge in [-0.1, -0.05) is 20.8 Å². The number of carbonyl (C=O) groups excluding carboxylic acids is 2. The normalized spacial score (nSPS) is 18.4. The number of aryl methyl sites for hydroxylation is 1. The van der Waals surface area contributed by atoms with Gasteiger partial charge in [0.2, 0.25) is 0 Å². The highest BCUT2D eigenvalue weighted by molar-refractivity contribution is 7.14. The number of hydrogen-bond donors (Lipinski definition) is 1.